The molecule has 0 aromatic heterocycles. The van der Waals surface area contributed by atoms with Gasteiger partial charge in [0.25, 0.3) is 0 Å². The number of carbonyl (C=O) groups is 1. The van der Waals surface area contributed by atoms with E-state index in [2.05, 4.69) is 6.58 Å². The van der Waals surface area contributed by atoms with Crippen molar-refractivity contribution in [3.8, 4) is 0 Å². The molecule has 0 saturated carbocycles. The molecular weight excluding hydrogens is 136 g/mol. The van der Waals surface area contributed by atoms with Crippen LogP contribution in [0, 0.1) is 5.41 Å². The minimum Gasteiger partial charge on any atom is -0.298 e. The lowest BCUT2D eigenvalue weighted by atomic mass is 9.83. The first kappa shape index (κ1) is 10.2. The average molecular weight is 152 g/mol. The molecule has 0 spiro atoms. The third-order valence-electron chi connectivity index (χ3n) is 1.86. The second kappa shape index (κ2) is 3.51. The molecule has 1 heteroatoms. The van der Waals surface area contributed by atoms with Gasteiger partial charge in [0.05, 0.1) is 0 Å². The van der Waals surface area contributed by atoms with Crippen LogP contribution in [0.1, 0.15) is 27.7 Å². The third kappa shape index (κ3) is 2.34. The zero-order valence-electron chi connectivity index (χ0n) is 7.77. The van der Waals surface area contributed by atoms with Crippen molar-refractivity contribution < 1.29 is 4.79 Å². The predicted octanol–water partition coefficient (Wildman–Crippen LogP) is 2.73. The Balaban J connectivity index is 4.95. The van der Waals surface area contributed by atoms with Gasteiger partial charge in [-0.3, -0.25) is 4.79 Å². The van der Waals surface area contributed by atoms with Gasteiger partial charge in [-0.2, -0.15) is 0 Å². The standard InChI is InChI=1S/C10H16O/c1-6-10(4,5)9(7-11)8(2)3/h6-7H,1H2,2-5H3. The first-order chi connectivity index (χ1) is 4.95. The van der Waals surface area contributed by atoms with Crippen molar-refractivity contribution in [3.05, 3.63) is 23.8 Å². The second-order valence-corrected chi connectivity index (χ2v) is 3.46. The van der Waals surface area contributed by atoms with Crippen LogP contribution in [-0.4, -0.2) is 6.29 Å². The Morgan fingerprint density at radius 3 is 1.91 bits per heavy atom. The van der Waals surface area contributed by atoms with Crippen molar-refractivity contribution in [3.63, 3.8) is 0 Å². The molecule has 0 aliphatic rings. The van der Waals surface area contributed by atoms with E-state index in [0.717, 1.165) is 17.4 Å². The van der Waals surface area contributed by atoms with Crippen LogP contribution in [0.25, 0.3) is 0 Å². The smallest absolute Gasteiger partial charge is 0.146 e. The Labute approximate surface area is 68.8 Å². The molecule has 0 aliphatic carbocycles. The van der Waals surface area contributed by atoms with Crippen LogP contribution in [0.3, 0.4) is 0 Å². The largest absolute Gasteiger partial charge is 0.298 e. The van der Waals surface area contributed by atoms with Crippen molar-refractivity contribution >= 4 is 6.29 Å². The minimum absolute atomic E-state index is 0.194. The molecule has 0 atom stereocenters. The zero-order chi connectivity index (χ0) is 9.07. The molecule has 0 aromatic rings. The monoisotopic (exact) mass is 152 g/mol. The minimum atomic E-state index is -0.194. The van der Waals surface area contributed by atoms with Gasteiger partial charge in [-0.05, 0) is 19.4 Å². The molecule has 0 saturated heterocycles. The summed E-state index contributed by atoms with van der Waals surface area (Å²) >= 11 is 0. The Hall–Kier alpha value is -0.850. The van der Waals surface area contributed by atoms with Crippen molar-refractivity contribution in [2.45, 2.75) is 27.7 Å². The molecule has 0 rings (SSSR count). The zero-order valence-corrected chi connectivity index (χ0v) is 7.77. The third-order valence-corrected chi connectivity index (χ3v) is 1.86. The first-order valence-corrected chi connectivity index (χ1v) is 3.72. The van der Waals surface area contributed by atoms with Gasteiger partial charge in [0, 0.05) is 5.41 Å². The van der Waals surface area contributed by atoms with Crippen LogP contribution >= 0.6 is 0 Å². The number of rotatable bonds is 3. The summed E-state index contributed by atoms with van der Waals surface area (Å²) in [6, 6.07) is 0. The Kier molecular flexibility index (Phi) is 3.24. The maximum absolute atomic E-state index is 10.6. The summed E-state index contributed by atoms with van der Waals surface area (Å²) in [6.07, 6.45) is 2.71. The Morgan fingerprint density at radius 1 is 1.36 bits per heavy atom. The van der Waals surface area contributed by atoms with E-state index < -0.39 is 0 Å². The molecule has 0 bridgehead atoms. The topological polar surface area (TPSA) is 17.1 Å². The maximum Gasteiger partial charge on any atom is 0.146 e. The molecule has 11 heavy (non-hydrogen) atoms. The average Bonchev–Trinajstić information content (AvgIpc) is 1.88. The molecule has 0 amide bonds. The summed E-state index contributed by atoms with van der Waals surface area (Å²) in [5.41, 5.74) is 1.69. The fourth-order valence-corrected chi connectivity index (χ4v) is 1.02. The molecule has 0 radical (unpaired) electrons. The van der Waals surface area contributed by atoms with Gasteiger partial charge < -0.3 is 0 Å². The summed E-state index contributed by atoms with van der Waals surface area (Å²) in [5, 5.41) is 0. The van der Waals surface area contributed by atoms with Crippen molar-refractivity contribution in [2.24, 2.45) is 5.41 Å². The number of carbonyl (C=O) groups excluding carboxylic acids is 1. The Morgan fingerprint density at radius 2 is 1.82 bits per heavy atom. The molecular formula is C10H16O. The summed E-state index contributed by atoms with van der Waals surface area (Å²) in [4.78, 5) is 10.6. The van der Waals surface area contributed by atoms with Crippen LogP contribution in [0.15, 0.2) is 23.8 Å². The van der Waals surface area contributed by atoms with Crippen LogP contribution in [-0.2, 0) is 4.79 Å². The summed E-state index contributed by atoms with van der Waals surface area (Å²) in [5.74, 6) is 0. The second-order valence-electron chi connectivity index (χ2n) is 3.46. The molecule has 0 heterocycles. The Bertz CT molecular complexity index is 193. The lowest BCUT2D eigenvalue weighted by molar-refractivity contribution is -0.105. The van der Waals surface area contributed by atoms with Crippen LogP contribution in [0.5, 0.6) is 0 Å². The van der Waals surface area contributed by atoms with Crippen molar-refractivity contribution in [1.29, 1.82) is 0 Å². The van der Waals surface area contributed by atoms with Gasteiger partial charge in [-0.25, -0.2) is 0 Å². The van der Waals surface area contributed by atoms with E-state index in [4.69, 9.17) is 0 Å². The highest BCUT2D eigenvalue weighted by Crippen LogP contribution is 2.27. The SMILES string of the molecule is C=CC(C)(C)C(C=O)=C(C)C. The molecule has 0 aliphatic heterocycles. The normalized spacial score (nSPS) is 10.5. The van der Waals surface area contributed by atoms with E-state index in [1.165, 1.54) is 0 Å². The van der Waals surface area contributed by atoms with Gasteiger partial charge in [-0.1, -0.05) is 25.5 Å². The molecule has 1 nitrogen and oxygen atoms in total. The van der Waals surface area contributed by atoms with Crippen LogP contribution in [0.2, 0.25) is 0 Å². The molecule has 0 N–H and O–H groups in total. The fourth-order valence-electron chi connectivity index (χ4n) is 1.02. The maximum atomic E-state index is 10.6. The molecule has 0 aromatic carbocycles. The lowest BCUT2D eigenvalue weighted by Gasteiger charge is -2.21. The van der Waals surface area contributed by atoms with E-state index >= 15 is 0 Å². The van der Waals surface area contributed by atoms with Crippen molar-refractivity contribution in [2.75, 3.05) is 0 Å². The highest BCUT2D eigenvalue weighted by atomic mass is 16.1. The van der Waals surface area contributed by atoms with Gasteiger partial charge in [0.15, 0.2) is 0 Å². The molecule has 0 fully saturated rings. The van der Waals surface area contributed by atoms with Gasteiger partial charge in [-0.15, -0.1) is 6.58 Å². The van der Waals surface area contributed by atoms with E-state index in [9.17, 15) is 4.79 Å². The van der Waals surface area contributed by atoms with Gasteiger partial charge in [0.2, 0.25) is 0 Å². The first-order valence-electron chi connectivity index (χ1n) is 3.72. The highest BCUT2D eigenvalue weighted by molar-refractivity contribution is 5.77. The fraction of sp³-hybridized carbons (Fsp3) is 0.500. The predicted molar refractivity (Wildman–Crippen MR) is 48.4 cm³/mol. The number of hydrogen-bond donors (Lipinski definition) is 0. The summed E-state index contributed by atoms with van der Waals surface area (Å²) in [6.45, 7) is 11.5. The summed E-state index contributed by atoms with van der Waals surface area (Å²) in [7, 11) is 0. The van der Waals surface area contributed by atoms with E-state index in [-0.39, 0.29) is 5.41 Å². The van der Waals surface area contributed by atoms with E-state index in [0.29, 0.717) is 0 Å². The van der Waals surface area contributed by atoms with Crippen molar-refractivity contribution in [1.82, 2.24) is 0 Å². The van der Waals surface area contributed by atoms with Crippen LogP contribution in [0.4, 0.5) is 0 Å². The van der Waals surface area contributed by atoms with Gasteiger partial charge >= 0.3 is 0 Å². The summed E-state index contributed by atoms with van der Waals surface area (Å²) < 4.78 is 0. The van der Waals surface area contributed by atoms with E-state index in [1.807, 2.05) is 27.7 Å². The van der Waals surface area contributed by atoms with Gasteiger partial charge in [0.1, 0.15) is 6.29 Å². The number of allylic oxidation sites excluding steroid dienone is 3. The lowest BCUT2D eigenvalue weighted by Crippen LogP contribution is -2.13. The highest BCUT2D eigenvalue weighted by Gasteiger charge is 2.19. The quantitative estimate of drug-likeness (QED) is 0.345. The number of hydrogen-bond acceptors (Lipinski definition) is 1. The number of aldehydes is 1. The molecule has 0 unspecified atom stereocenters. The van der Waals surface area contributed by atoms with E-state index in [1.54, 1.807) is 6.08 Å². The molecule has 62 valence electrons. The van der Waals surface area contributed by atoms with Crippen LogP contribution < -0.4 is 0 Å².